The minimum atomic E-state index is -1.20. The lowest BCUT2D eigenvalue weighted by atomic mass is 9.92. The molecule has 0 spiro atoms. The van der Waals surface area contributed by atoms with Crippen LogP contribution in [0.1, 0.15) is 36.5 Å². The molecule has 2 saturated heterocycles. The first-order valence-electron chi connectivity index (χ1n) is 10.8. The summed E-state index contributed by atoms with van der Waals surface area (Å²) in [5, 5.41) is 7.71. The van der Waals surface area contributed by atoms with Crippen LogP contribution in [0.25, 0.3) is 0 Å². The van der Waals surface area contributed by atoms with E-state index in [2.05, 4.69) is 28.1 Å². The molecular weight excluding hydrogens is 408 g/mol. The molecule has 5 rings (SSSR count). The zero-order chi connectivity index (χ0) is 22.5. The number of imide groups is 1. The number of rotatable bonds is 4. The average Bonchev–Trinajstić information content (AvgIpc) is 3.45. The zero-order valence-electron chi connectivity index (χ0n) is 17.7. The van der Waals surface area contributed by atoms with E-state index in [-0.39, 0.29) is 18.2 Å². The Morgan fingerprint density at radius 2 is 1.91 bits per heavy atom. The molecule has 32 heavy (non-hydrogen) atoms. The van der Waals surface area contributed by atoms with Crippen molar-refractivity contribution in [2.45, 2.75) is 38.1 Å². The number of urea groups is 1. The SMILES string of the molecule is CC1(c2cccc(NC(=O)C3CC(=O)N(c4ccc5c(c4)CCC5)C3)c2)NC(=O)NC1=O. The van der Waals surface area contributed by atoms with Gasteiger partial charge in [-0.2, -0.15) is 0 Å². The summed E-state index contributed by atoms with van der Waals surface area (Å²) in [7, 11) is 0. The third-order valence-electron chi connectivity index (χ3n) is 6.64. The highest BCUT2D eigenvalue weighted by Crippen LogP contribution is 2.31. The fourth-order valence-electron chi connectivity index (χ4n) is 4.76. The lowest BCUT2D eigenvalue weighted by Crippen LogP contribution is -2.40. The van der Waals surface area contributed by atoms with Crippen molar-refractivity contribution >= 4 is 35.1 Å². The van der Waals surface area contributed by atoms with Gasteiger partial charge >= 0.3 is 6.03 Å². The third-order valence-corrected chi connectivity index (χ3v) is 6.64. The Bertz CT molecular complexity index is 1160. The Hall–Kier alpha value is -3.68. The smallest absolute Gasteiger partial charge is 0.322 e. The van der Waals surface area contributed by atoms with E-state index in [1.165, 1.54) is 11.1 Å². The van der Waals surface area contributed by atoms with Gasteiger partial charge in [0.15, 0.2) is 0 Å². The maximum atomic E-state index is 12.9. The van der Waals surface area contributed by atoms with Crippen LogP contribution < -0.4 is 20.9 Å². The molecule has 5 amide bonds. The Morgan fingerprint density at radius 1 is 1.09 bits per heavy atom. The number of nitrogens with one attached hydrogen (secondary N) is 3. The van der Waals surface area contributed by atoms with Gasteiger partial charge in [0.2, 0.25) is 11.8 Å². The molecule has 2 aromatic carbocycles. The predicted octanol–water partition coefficient (Wildman–Crippen LogP) is 2.22. The number of fused-ring (bicyclic) bond motifs is 1. The fraction of sp³-hybridized carbons (Fsp3) is 0.333. The highest BCUT2D eigenvalue weighted by Gasteiger charge is 2.43. The second kappa shape index (κ2) is 7.47. The predicted molar refractivity (Wildman–Crippen MR) is 118 cm³/mol. The normalized spacial score (nSPS) is 24.3. The van der Waals surface area contributed by atoms with Crippen molar-refractivity contribution in [2.24, 2.45) is 5.92 Å². The van der Waals surface area contributed by atoms with Crippen molar-refractivity contribution in [3.05, 3.63) is 59.2 Å². The summed E-state index contributed by atoms with van der Waals surface area (Å²) in [5.41, 5.74) is 3.34. The van der Waals surface area contributed by atoms with E-state index in [4.69, 9.17) is 0 Å². The van der Waals surface area contributed by atoms with E-state index in [1.54, 1.807) is 36.1 Å². The highest BCUT2D eigenvalue weighted by molar-refractivity contribution is 6.07. The third kappa shape index (κ3) is 3.41. The first-order chi connectivity index (χ1) is 15.3. The summed E-state index contributed by atoms with van der Waals surface area (Å²) in [4.78, 5) is 51.0. The Kier molecular flexibility index (Phi) is 4.73. The Labute approximate surface area is 185 Å². The van der Waals surface area contributed by atoms with Gasteiger partial charge in [0.05, 0.1) is 5.92 Å². The van der Waals surface area contributed by atoms with Crippen LogP contribution in [-0.2, 0) is 32.8 Å². The van der Waals surface area contributed by atoms with Gasteiger partial charge in [0, 0.05) is 24.3 Å². The number of nitrogens with zero attached hydrogens (tertiary/aromatic N) is 1. The highest BCUT2D eigenvalue weighted by atomic mass is 16.2. The number of hydrogen-bond acceptors (Lipinski definition) is 4. The van der Waals surface area contributed by atoms with Crippen LogP contribution in [0.2, 0.25) is 0 Å². The van der Waals surface area contributed by atoms with Gasteiger partial charge < -0.3 is 15.5 Å². The molecule has 164 valence electrons. The largest absolute Gasteiger partial charge is 0.326 e. The quantitative estimate of drug-likeness (QED) is 0.644. The number of amides is 5. The first kappa shape index (κ1) is 20.2. The van der Waals surface area contributed by atoms with Crippen LogP contribution in [0.4, 0.5) is 16.2 Å². The Morgan fingerprint density at radius 3 is 2.69 bits per heavy atom. The molecule has 2 heterocycles. The van der Waals surface area contributed by atoms with Gasteiger partial charge in [0.1, 0.15) is 5.54 Å². The molecule has 2 atom stereocenters. The van der Waals surface area contributed by atoms with Crippen molar-refractivity contribution in [3.63, 3.8) is 0 Å². The van der Waals surface area contributed by atoms with E-state index < -0.39 is 23.4 Å². The second-order valence-electron chi connectivity index (χ2n) is 8.82. The molecule has 0 saturated carbocycles. The molecule has 2 aliphatic heterocycles. The maximum Gasteiger partial charge on any atom is 0.322 e. The first-order valence-corrected chi connectivity index (χ1v) is 10.8. The summed E-state index contributed by atoms with van der Waals surface area (Å²) in [6, 6.07) is 12.4. The molecular formula is C24H24N4O4. The molecule has 2 aromatic rings. The lowest BCUT2D eigenvalue weighted by Gasteiger charge is -2.22. The maximum absolute atomic E-state index is 12.9. The minimum absolute atomic E-state index is 0.0605. The van der Waals surface area contributed by atoms with Gasteiger partial charge in [-0.1, -0.05) is 18.2 Å². The van der Waals surface area contributed by atoms with Gasteiger partial charge in [-0.05, 0) is 67.1 Å². The minimum Gasteiger partial charge on any atom is -0.326 e. The summed E-state index contributed by atoms with van der Waals surface area (Å²) < 4.78 is 0. The van der Waals surface area contributed by atoms with Gasteiger partial charge in [-0.15, -0.1) is 0 Å². The van der Waals surface area contributed by atoms with Crippen LogP contribution in [0, 0.1) is 5.92 Å². The van der Waals surface area contributed by atoms with Crippen LogP contribution in [0.5, 0.6) is 0 Å². The van der Waals surface area contributed by atoms with Crippen LogP contribution in [-0.4, -0.2) is 30.3 Å². The van der Waals surface area contributed by atoms with E-state index in [0.29, 0.717) is 17.8 Å². The summed E-state index contributed by atoms with van der Waals surface area (Å²) >= 11 is 0. The molecule has 3 N–H and O–H groups in total. The summed E-state index contributed by atoms with van der Waals surface area (Å²) in [5.74, 6) is -1.22. The number of aryl methyl sites for hydroxylation is 2. The van der Waals surface area contributed by atoms with E-state index in [0.717, 1.165) is 24.9 Å². The van der Waals surface area contributed by atoms with Crippen molar-refractivity contribution in [3.8, 4) is 0 Å². The van der Waals surface area contributed by atoms with Crippen molar-refractivity contribution in [1.29, 1.82) is 0 Å². The lowest BCUT2D eigenvalue weighted by molar-refractivity contribution is -0.123. The van der Waals surface area contributed by atoms with Crippen molar-refractivity contribution in [2.75, 3.05) is 16.8 Å². The zero-order valence-corrected chi connectivity index (χ0v) is 17.7. The molecule has 2 fully saturated rings. The molecule has 8 heteroatoms. The Balaban J connectivity index is 1.29. The van der Waals surface area contributed by atoms with Gasteiger partial charge in [-0.3, -0.25) is 19.7 Å². The molecule has 0 aromatic heterocycles. The molecule has 0 radical (unpaired) electrons. The number of hydrogen-bond donors (Lipinski definition) is 3. The monoisotopic (exact) mass is 432 g/mol. The standard InChI is InChI=1S/C24H24N4O4/c1-24(22(31)26-23(32)27-24)17-6-3-7-18(12-17)25-21(30)16-11-20(29)28(13-16)19-9-8-14-4-2-5-15(14)10-19/h3,6-10,12,16H,2,4-5,11,13H2,1H3,(H,25,30)(H2,26,27,31,32). The number of carbonyl (C=O) groups is 4. The molecule has 1 aliphatic carbocycles. The van der Waals surface area contributed by atoms with Crippen LogP contribution in [0.15, 0.2) is 42.5 Å². The molecule has 0 bridgehead atoms. The van der Waals surface area contributed by atoms with Crippen LogP contribution >= 0.6 is 0 Å². The van der Waals surface area contributed by atoms with Crippen molar-refractivity contribution in [1.82, 2.24) is 10.6 Å². The van der Waals surface area contributed by atoms with Crippen molar-refractivity contribution < 1.29 is 19.2 Å². The number of carbonyl (C=O) groups excluding carboxylic acids is 4. The fourth-order valence-corrected chi connectivity index (χ4v) is 4.76. The molecule has 8 nitrogen and oxygen atoms in total. The van der Waals surface area contributed by atoms with Crippen LogP contribution in [0.3, 0.4) is 0 Å². The second-order valence-corrected chi connectivity index (χ2v) is 8.82. The van der Waals surface area contributed by atoms with Gasteiger partial charge in [-0.25, -0.2) is 4.79 Å². The molecule has 2 unspecified atom stereocenters. The van der Waals surface area contributed by atoms with E-state index in [1.807, 2.05) is 6.07 Å². The summed E-state index contributed by atoms with van der Waals surface area (Å²) in [6.07, 6.45) is 3.40. The molecule has 3 aliphatic rings. The number of benzene rings is 2. The van der Waals surface area contributed by atoms with Gasteiger partial charge in [0.25, 0.3) is 5.91 Å². The average molecular weight is 432 g/mol. The number of anilines is 2. The van der Waals surface area contributed by atoms with E-state index in [9.17, 15) is 19.2 Å². The van der Waals surface area contributed by atoms with E-state index >= 15 is 0 Å². The topological polar surface area (TPSA) is 108 Å². The summed E-state index contributed by atoms with van der Waals surface area (Å²) in [6.45, 7) is 1.94.